The minimum atomic E-state index is -1.47. The van der Waals surface area contributed by atoms with Gasteiger partial charge in [-0.2, -0.15) is 0 Å². The van der Waals surface area contributed by atoms with Crippen molar-refractivity contribution in [3.8, 4) is 11.3 Å². The van der Waals surface area contributed by atoms with E-state index in [1.807, 2.05) is 30.3 Å². The Hall–Kier alpha value is -3.94. The molecule has 2 amide bonds. The number of para-hydroxylation sites is 1. The normalized spacial score (nSPS) is 21.7. The molecule has 8 nitrogen and oxygen atoms in total. The van der Waals surface area contributed by atoms with Crippen molar-refractivity contribution in [2.24, 2.45) is 0 Å². The Labute approximate surface area is 189 Å². The zero-order valence-corrected chi connectivity index (χ0v) is 17.8. The molecule has 2 aromatic carbocycles. The lowest BCUT2D eigenvalue weighted by atomic mass is 9.96. The standard InChI is InChI=1S/C25H21N3O5/c29-22-12-13-25(24(31)32-15-18-14-20(26-33-18)16-6-2-1-3-7-16)27(17-10-11-17)23(30)19-8-4-5-9-21(19)28(22)25/h1-9,14,17H,10-13,15H2/t25-/m0/s1. The maximum atomic E-state index is 13.6. The van der Waals surface area contributed by atoms with E-state index >= 15 is 0 Å². The van der Waals surface area contributed by atoms with Crippen LogP contribution in [0.15, 0.2) is 65.2 Å². The molecule has 2 aliphatic heterocycles. The number of benzene rings is 2. The number of nitrogens with zero attached hydrogens (tertiary/aromatic N) is 3. The fourth-order valence-electron chi connectivity index (χ4n) is 4.89. The van der Waals surface area contributed by atoms with Gasteiger partial charge in [0, 0.05) is 30.5 Å². The third-order valence-electron chi connectivity index (χ3n) is 6.51. The number of ether oxygens (including phenoxy) is 1. The van der Waals surface area contributed by atoms with E-state index in [0.717, 1.165) is 18.4 Å². The molecular formula is C25H21N3O5. The lowest BCUT2D eigenvalue weighted by molar-refractivity contribution is -0.159. The van der Waals surface area contributed by atoms with E-state index in [4.69, 9.17) is 9.26 Å². The third kappa shape index (κ3) is 2.97. The van der Waals surface area contributed by atoms with Gasteiger partial charge in [-0.05, 0) is 25.0 Å². The molecule has 0 spiro atoms. The SMILES string of the molecule is O=C1CC[C@@]2(C(=O)OCc3cc(-c4ccccc4)no3)N1c1ccccc1C(=O)N2C1CC1. The van der Waals surface area contributed by atoms with Crippen LogP contribution in [-0.4, -0.2) is 39.5 Å². The first-order chi connectivity index (χ1) is 16.1. The number of rotatable bonds is 5. The van der Waals surface area contributed by atoms with E-state index in [-0.39, 0.29) is 37.3 Å². The third-order valence-corrected chi connectivity index (χ3v) is 6.51. The van der Waals surface area contributed by atoms with Gasteiger partial charge in [0.05, 0.1) is 11.3 Å². The summed E-state index contributed by atoms with van der Waals surface area (Å²) in [5.41, 5.74) is 0.959. The molecule has 166 valence electrons. The second-order valence-corrected chi connectivity index (χ2v) is 8.59. The van der Waals surface area contributed by atoms with Crippen LogP contribution in [0, 0.1) is 0 Å². The molecule has 0 N–H and O–H groups in total. The first kappa shape index (κ1) is 19.7. The van der Waals surface area contributed by atoms with Gasteiger partial charge >= 0.3 is 5.97 Å². The molecule has 6 rings (SSSR count). The Balaban J connectivity index is 1.32. The predicted octanol–water partition coefficient (Wildman–Crippen LogP) is 3.53. The number of amides is 2. The molecule has 1 atom stereocenters. The molecule has 2 fully saturated rings. The van der Waals surface area contributed by atoms with Gasteiger partial charge in [0.15, 0.2) is 12.4 Å². The van der Waals surface area contributed by atoms with E-state index < -0.39 is 11.6 Å². The second kappa shape index (κ2) is 7.30. The van der Waals surface area contributed by atoms with Crippen LogP contribution in [0.3, 0.4) is 0 Å². The zero-order valence-electron chi connectivity index (χ0n) is 17.8. The van der Waals surface area contributed by atoms with Gasteiger partial charge in [0.1, 0.15) is 5.69 Å². The largest absolute Gasteiger partial charge is 0.454 e. The summed E-state index contributed by atoms with van der Waals surface area (Å²) in [7, 11) is 0. The van der Waals surface area contributed by atoms with Crippen molar-refractivity contribution in [3.05, 3.63) is 72.0 Å². The van der Waals surface area contributed by atoms with Crippen molar-refractivity contribution in [1.82, 2.24) is 10.1 Å². The number of carbonyl (C=O) groups is 3. The highest BCUT2D eigenvalue weighted by atomic mass is 16.6. The molecule has 8 heteroatoms. The molecule has 33 heavy (non-hydrogen) atoms. The first-order valence-electron chi connectivity index (χ1n) is 11.0. The molecule has 0 radical (unpaired) electrons. The van der Waals surface area contributed by atoms with Crippen molar-refractivity contribution < 1.29 is 23.6 Å². The molecule has 1 saturated carbocycles. The number of hydrogen-bond donors (Lipinski definition) is 0. The van der Waals surface area contributed by atoms with E-state index in [2.05, 4.69) is 5.16 Å². The summed E-state index contributed by atoms with van der Waals surface area (Å²) < 4.78 is 11.0. The van der Waals surface area contributed by atoms with Gasteiger partial charge in [-0.3, -0.25) is 14.5 Å². The molecule has 3 heterocycles. The fraction of sp³-hybridized carbons (Fsp3) is 0.280. The van der Waals surface area contributed by atoms with Crippen LogP contribution < -0.4 is 4.90 Å². The van der Waals surface area contributed by atoms with E-state index in [9.17, 15) is 14.4 Å². The summed E-state index contributed by atoms with van der Waals surface area (Å²) in [6, 6.07) is 18.1. The average molecular weight is 443 g/mol. The van der Waals surface area contributed by atoms with Crippen molar-refractivity contribution in [1.29, 1.82) is 0 Å². The molecule has 0 bridgehead atoms. The highest BCUT2D eigenvalue weighted by molar-refractivity contribution is 6.15. The van der Waals surface area contributed by atoms with Crippen LogP contribution in [0.5, 0.6) is 0 Å². The van der Waals surface area contributed by atoms with E-state index in [1.165, 1.54) is 4.90 Å². The summed E-state index contributed by atoms with van der Waals surface area (Å²) in [5.74, 6) is -0.665. The average Bonchev–Trinajstić information content (AvgIpc) is 3.45. The van der Waals surface area contributed by atoms with Gasteiger partial charge in [0.2, 0.25) is 11.6 Å². The van der Waals surface area contributed by atoms with Crippen molar-refractivity contribution in [2.45, 2.75) is 44.0 Å². The van der Waals surface area contributed by atoms with Crippen molar-refractivity contribution in [3.63, 3.8) is 0 Å². The Kier molecular flexibility index (Phi) is 4.36. The van der Waals surface area contributed by atoms with Crippen LogP contribution >= 0.6 is 0 Å². The quantitative estimate of drug-likeness (QED) is 0.560. The number of hydrogen-bond acceptors (Lipinski definition) is 6. The number of aromatic nitrogens is 1. The number of fused-ring (bicyclic) bond motifs is 3. The Morgan fingerprint density at radius 3 is 2.64 bits per heavy atom. The summed E-state index contributed by atoms with van der Waals surface area (Å²) in [4.78, 5) is 43.1. The highest BCUT2D eigenvalue weighted by Gasteiger charge is 2.64. The molecule has 3 aromatic rings. The molecule has 1 aromatic heterocycles. The van der Waals surface area contributed by atoms with Gasteiger partial charge in [-0.25, -0.2) is 4.79 Å². The van der Waals surface area contributed by atoms with E-state index in [1.54, 1.807) is 35.2 Å². The summed E-state index contributed by atoms with van der Waals surface area (Å²) in [6.45, 7) is -0.142. The minimum absolute atomic E-state index is 0.0817. The lowest BCUT2D eigenvalue weighted by Crippen LogP contribution is -2.69. The van der Waals surface area contributed by atoms with E-state index in [0.29, 0.717) is 22.7 Å². The van der Waals surface area contributed by atoms with Gasteiger partial charge in [-0.15, -0.1) is 0 Å². The molecule has 1 saturated heterocycles. The maximum absolute atomic E-state index is 13.6. The molecule has 1 aliphatic carbocycles. The van der Waals surface area contributed by atoms with Crippen LogP contribution in [-0.2, 0) is 20.9 Å². The zero-order chi connectivity index (χ0) is 22.6. The van der Waals surface area contributed by atoms with Gasteiger partial charge in [0.25, 0.3) is 5.91 Å². The summed E-state index contributed by atoms with van der Waals surface area (Å²) >= 11 is 0. The maximum Gasteiger partial charge on any atom is 0.354 e. The molecular weight excluding hydrogens is 422 g/mol. The summed E-state index contributed by atoms with van der Waals surface area (Å²) in [6.07, 6.45) is 1.97. The van der Waals surface area contributed by atoms with Gasteiger partial charge in [-0.1, -0.05) is 47.6 Å². The fourth-order valence-corrected chi connectivity index (χ4v) is 4.89. The highest BCUT2D eigenvalue weighted by Crippen LogP contribution is 2.49. The molecule has 0 unspecified atom stereocenters. The van der Waals surface area contributed by atoms with Crippen molar-refractivity contribution >= 4 is 23.5 Å². The topological polar surface area (TPSA) is 93.0 Å². The van der Waals surface area contributed by atoms with Crippen LogP contribution in [0.25, 0.3) is 11.3 Å². The smallest absolute Gasteiger partial charge is 0.354 e. The van der Waals surface area contributed by atoms with Gasteiger partial charge < -0.3 is 14.2 Å². The Morgan fingerprint density at radius 1 is 1.09 bits per heavy atom. The van der Waals surface area contributed by atoms with Crippen LogP contribution in [0.2, 0.25) is 0 Å². The van der Waals surface area contributed by atoms with Crippen LogP contribution in [0.4, 0.5) is 5.69 Å². The number of carbonyl (C=O) groups excluding carboxylic acids is 3. The first-order valence-corrected chi connectivity index (χ1v) is 11.0. The monoisotopic (exact) mass is 443 g/mol. The van der Waals surface area contributed by atoms with Crippen molar-refractivity contribution in [2.75, 3.05) is 4.90 Å². The summed E-state index contributed by atoms with van der Waals surface area (Å²) in [5, 5.41) is 4.05. The minimum Gasteiger partial charge on any atom is -0.454 e. The lowest BCUT2D eigenvalue weighted by Gasteiger charge is -2.48. The Bertz CT molecular complexity index is 1270. The second-order valence-electron chi connectivity index (χ2n) is 8.59. The number of anilines is 1. The molecule has 3 aliphatic rings. The van der Waals surface area contributed by atoms with Crippen LogP contribution in [0.1, 0.15) is 41.8 Å². The predicted molar refractivity (Wildman–Crippen MR) is 117 cm³/mol. The Morgan fingerprint density at radius 2 is 1.85 bits per heavy atom. The number of esters is 1.